The van der Waals surface area contributed by atoms with Crippen molar-refractivity contribution in [2.45, 2.75) is 18.1 Å². The zero-order chi connectivity index (χ0) is 20.8. The van der Waals surface area contributed by atoms with Gasteiger partial charge < -0.3 is 14.6 Å². The Morgan fingerprint density at radius 1 is 1.10 bits per heavy atom. The van der Waals surface area contributed by atoms with Gasteiger partial charge in [-0.1, -0.05) is 42.1 Å². The van der Waals surface area contributed by atoms with E-state index in [1.165, 1.54) is 11.8 Å². The van der Waals surface area contributed by atoms with Crippen LogP contribution in [0.1, 0.15) is 39.5 Å². The lowest BCUT2D eigenvalue weighted by atomic mass is 10.1. The SMILES string of the molecule is COc1cccc(C(=O)CSc2nnc([C@H](C)NC(=O)c3ccccc3)n2C)c1. The number of ketones is 1. The van der Waals surface area contributed by atoms with Crippen LogP contribution >= 0.6 is 11.8 Å². The molecule has 0 saturated heterocycles. The summed E-state index contributed by atoms with van der Waals surface area (Å²) >= 11 is 1.30. The number of methoxy groups -OCH3 is 1. The molecule has 0 fully saturated rings. The highest BCUT2D eigenvalue weighted by Gasteiger charge is 2.19. The Morgan fingerprint density at radius 2 is 1.83 bits per heavy atom. The molecule has 0 spiro atoms. The van der Waals surface area contributed by atoms with E-state index in [9.17, 15) is 9.59 Å². The molecule has 0 aliphatic rings. The monoisotopic (exact) mass is 410 g/mol. The summed E-state index contributed by atoms with van der Waals surface area (Å²) in [6, 6.07) is 15.7. The largest absolute Gasteiger partial charge is 0.497 e. The van der Waals surface area contributed by atoms with Crippen LogP contribution < -0.4 is 10.1 Å². The number of carbonyl (C=O) groups excluding carboxylic acids is 2. The molecule has 3 aromatic rings. The van der Waals surface area contributed by atoms with Crippen molar-refractivity contribution in [3.63, 3.8) is 0 Å². The van der Waals surface area contributed by atoms with Crippen LogP contribution in [0.2, 0.25) is 0 Å². The number of hydrogen-bond acceptors (Lipinski definition) is 6. The van der Waals surface area contributed by atoms with E-state index >= 15 is 0 Å². The molecule has 1 aromatic heterocycles. The lowest BCUT2D eigenvalue weighted by molar-refractivity contribution is 0.0937. The third kappa shape index (κ3) is 5.03. The van der Waals surface area contributed by atoms with Crippen molar-refractivity contribution >= 4 is 23.5 Å². The third-order valence-corrected chi connectivity index (χ3v) is 5.38. The topological polar surface area (TPSA) is 86.1 Å². The normalized spacial score (nSPS) is 11.7. The number of carbonyl (C=O) groups is 2. The lowest BCUT2D eigenvalue weighted by Gasteiger charge is -2.13. The van der Waals surface area contributed by atoms with Gasteiger partial charge in [0.05, 0.1) is 18.9 Å². The fraction of sp³-hybridized carbons (Fsp3) is 0.238. The van der Waals surface area contributed by atoms with Crippen molar-refractivity contribution < 1.29 is 14.3 Å². The fourth-order valence-corrected chi connectivity index (χ4v) is 3.59. The molecule has 0 bridgehead atoms. The van der Waals surface area contributed by atoms with Gasteiger partial charge >= 0.3 is 0 Å². The average Bonchev–Trinajstić information content (AvgIpc) is 3.13. The molecule has 3 rings (SSSR count). The summed E-state index contributed by atoms with van der Waals surface area (Å²) in [6.45, 7) is 1.85. The van der Waals surface area contributed by atoms with Crippen LogP contribution in [0.5, 0.6) is 5.75 Å². The van der Waals surface area contributed by atoms with Gasteiger partial charge in [-0.3, -0.25) is 9.59 Å². The summed E-state index contributed by atoms with van der Waals surface area (Å²) < 4.78 is 6.95. The smallest absolute Gasteiger partial charge is 0.251 e. The van der Waals surface area contributed by atoms with Gasteiger partial charge in [0.2, 0.25) is 0 Å². The maximum atomic E-state index is 12.4. The lowest BCUT2D eigenvalue weighted by Crippen LogP contribution is -2.28. The Labute approximate surface area is 173 Å². The van der Waals surface area contributed by atoms with Crippen LogP contribution in [0.25, 0.3) is 0 Å². The standard InChI is InChI=1S/C21H22N4O3S/c1-14(22-20(27)15-8-5-4-6-9-15)19-23-24-21(25(19)2)29-13-18(26)16-10-7-11-17(12-16)28-3/h4-12,14H,13H2,1-3H3,(H,22,27)/t14-/m0/s1. The summed E-state index contributed by atoms with van der Waals surface area (Å²) in [7, 11) is 3.38. The fourth-order valence-electron chi connectivity index (χ4n) is 2.77. The zero-order valence-corrected chi connectivity index (χ0v) is 17.3. The maximum Gasteiger partial charge on any atom is 0.251 e. The predicted molar refractivity (Wildman–Crippen MR) is 111 cm³/mol. The molecule has 29 heavy (non-hydrogen) atoms. The van der Waals surface area contributed by atoms with Crippen LogP contribution in [0.15, 0.2) is 59.8 Å². The second kappa shape index (κ2) is 9.38. The first-order valence-corrected chi connectivity index (χ1v) is 10.0. The summed E-state index contributed by atoms with van der Waals surface area (Å²) in [5, 5.41) is 11.9. The van der Waals surface area contributed by atoms with Gasteiger partial charge in [-0.15, -0.1) is 10.2 Å². The van der Waals surface area contributed by atoms with E-state index in [-0.39, 0.29) is 23.5 Å². The van der Waals surface area contributed by atoms with Gasteiger partial charge in [-0.2, -0.15) is 0 Å². The molecule has 1 N–H and O–H groups in total. The van der Waals surface area contributed by atoms with Crippen LogP contribution in [0.3, 0.4) is 0 Å². The van der Waals surface area contributed by atoms with Crippen LogP contribution in [0.4, 0.5) is 0 Å². The molecule has 0 radical (unpaired) electrons. The number of rotatable bonds is 8. The summed E-state index contributed by atoms with van der Waals surface area (Å²) in [5.41, 5.74) is 1.17. The molecule has 0 unspecified atom stereocenters. The highest BCUT2D eigenvalue weighted by Crippen LogP contribution is 2.21. The highest BCUT2D eigenvalue weighted by atomic mass is 32.2. The summed E-state index contributed by atoms with van der Waals surface area (Å²) in [5.74, 6) is 1.28. The summed E-state index contributed by atoms with van der Waals surface area (Å²) in [6.07, 6.45) is 0. The number of nitrogens with one attached hydrogen (secondary N) is 1. The second-order valence-corrected chi connectivity index (χ2v) is 7.35. The molecule has 1 atom stereocenters. The van der Waals surface area contributed by atoms with Crippen LogP contribution in [0, 0.1) is 0 Å². The molecule has 7 nitrogen and oxygen atoms in total. The number of benzene rings is 2. The molecule has 1 amide bonds. The Kier molecular flexibility index (Phi) is 6.66. The number of ether oxygens (including phenoxy) is 1. The number of aromatic nitrogens is 3. The summed E-state index contributed by atoms with van der Waals surface area (Å²) in [4.78, 5) is 24.8. The van der Waals surface area contributed by atoms with Gasteiger partial charge in [0, 0.05) is 18.2 Å². The predicted octanol–water partition coefficient (Wildman–Crippen LogP) is 3.29. The van der Waals surface area contributed by atoms with E-state index in [1.807, 2.05) is 32.2 Å². The van der Waals surface area contributed by atoms with E-state index < -0.39 is 0 Å². The van der Waals surface area contributed by atoms with Crippen molar-refractivity contribution in [2.24, 2.45) is 7.05 Å². The van der Waals surface area contributed by atoms with E-state index in [0.29, 0.717) is 27.9 Å². The van der Waals surface area contributed by atoms with Gasteiger partial charge in [0.15, 0.2) is 16.8 Å². The van der Waals surface area contributed by atoms with Crippen molar-refractivity contribution in [1.29, 1.82) is 0 Å². The van der Waals surface area contributed by atoms with E-state index in [0.717, 1.165) is 0 Å². The molecular formula is C21H22N4O3S. The molecular weight excluding hydrogens is 388 g/mol. The van der Waals surface area contributed by atoms with Gasteiger partial charge in [-0.25, -0.2) is 0 Å². The minimum atomic E-state index is -0.330. The molecule has 150 valence electrons. The van der Waals surface area contributed by atoms with E-state index in [4.69, 9.17) is 4.74 Å². The molecule has 0 aliphatic heterocycles. The van der Waals surface area contributed by atoms with Gasteiger partial charge in [0.25, 0.3) is 5.91 Å². The molecule has 2 aromatic carbocycles. The second-order valence-electron chi connectivity index (χ2n) is 6.40. The number of amides is 1. The Morgan fingerprint density at radius 3 is 2.55 bits per heavy atom. The Hall–Kier alpha value is -3.13. The first-order valence-electron chi connectivity index (χ1n) is 9.05. The average molecular weight is 410 g/mol. The van der Waals surface area contributed by atoms with Gasteiger partial charge in [0.1, 0.15) is 5.75 Å². The van der Waals surface area contributed by atoms with E-state index in [1.54, 1.807) is 48.1 Å². The first-order chi connectivity index (χ1) is 14.0. The van der Waals surface area contributed by atoms with E-state index in [2.05, 4.69) is 15.5 Å². The van der Waals surface area contributed by atoms with Crippen molar-refractivity contribution in [3.05, 3.63) is 71.5 Å². The van der Waals surface area contributed by atoms with Crippen molar-refractivity contribution in [2.75, 3.05) is 12.9 Å². The number of thioether (sulfide) groups is 1. The van der Waals surface area contributed by atoms with Crippen LogP contribution in [-0.4, -0.2) is 39.3 Å². The highest BCUT2D eigenvalue weighted by molar-refractivity contribution is 7.99. The van der Waals surface area contributed by atoms with Crippen LogP contribution in [-0.2, 0) is 7.05 Å². The molecule has 8 heteroatoms. The first kappa shape index (κ1) is 20.6. The Bertz CT molecular complexity index is 1000. The molecule has 1 heterocycles. The maximum absolute atomic E-state index is 12.4. The number of Topliss-reactive ketones (excluding diaryl/α,β-unsaturated/α-hetero) is 1. The minimum absolute atomic E-state index is 0.0242. The van der Waals surface area contributed by atoms with Crippen molar-refractivity contribution in [1.82, 2.24) is 20.1 Å². The molecule has 0 aliphatic carbocycles. The quantitative estimate of drug-likeness (QED) is 0.453. The number of nitrogens with zero attached hydrogens (tertiary/aromatic N) is 3. The van der Waals surface area contributed by atoms with Gasteiger partial charge in [-0.05, 0) is 31.2 Å². The number of hydrogen-bond donors (Lipinski definition) is 1. The zero-order valence-electron chi connectivity index (χ0n) is 16.5. The Balaban J connectivity index is 1.62. The minimum Gasteiger partial charge on any atom is -0.497 e. The molecule has 0 saturated carbocycles. The van der Waals surface area contributed by atoms with Crippen molar-refractivity contribution in [3.8, 4) is 5.75 Å². The third-order valence-electron chi connectivity index (χ3n) is 4.36.